The van der Waals surface area contributed by atoms with Crippen molar-refractivity contribution < 1.29 is 4.74 Å². The highest BCUT2D eigenvalue weighted by molar-refractivity contribution is 5.82. The summed E-state index contributed by atoms with van der Waals surface area (Å²) in [4.78, 5) is 0. The van der Waals surface area contributed by atoms with Crippen molar-refractivity contribution in [2.45, 2.75) is 12.8 Å². The Morgan fingerprint density at radius 3 is 2.30 bits per heavy atom. The van der Waals surface area contributed by atoms with Crippen molar-refractivity contribution in [2.75, 3.05) is 6.61 Å². The summed E-state index contributed by atoms with van der Waals surface area (Å²) in [6.45, 7) is 0.761. The molecule has 0 radical (unpaired) electrons. The van der Waals surface area contributed by atoms with Gasteiger partial charge >= 0.3 is 0 Å². The number of fused-ring (bicyclic) bond motifs is 1. The second-order valence-electron chi connectivity index (χ2n) is 4.95. The number of hydrogen-bond donors (Lipinski definition) is 0. The molecule has 3 aromatic carbocycles. The van der Waals surface area contributed by atoms with Gasteiger partial charge in [0.15, 0.2) is 0 Å². The summed E-state index contributed by atoms with van der Waals surface area (Å²) in [5.41, 5.74) is 1.38. The van der Waals surface area contributed by atoms with Crippen molar-refractivity contribution in [1.82, 2.24) is 0 Å². The summed E-state index contributed by atoms with van der Waals surface area (Å²) in [5, 5.41) is 2.62. The molecule has 0 atom stereocenters. The Bertz CT molecular complexity index is 673. The van der Waals surface area contributed by atoms with Crippen LogP contribution in [0, 0.1) is 0 Å². The molecule has 0 amide bonds. The Labute approximate surface area is 119 Å². The van der Waals surface area contributed by atoms with E-state index in [0.717, 1.165) is 25.2 Å². The first-order valence-corrected chi connectivity index (χ1v) is 7.07. The molecule has 20 heavy (non-hydrogen) atoms. The lowest BCUT2D eigenvalue weighted by Gasteiger charge is -2.06. The summed E-state index contributed by atoms with van der Waals surface area (Å²) < 4.78 is 5.72. The standard InChI is InChI=1S/C19H18O/c1-2-10-19(11-3-1)20-14-6-7-16-12-13-17-8-4-5-9-18(17)15-16/h1-5,8-13,15H,6-7,14H2. The zero-order valence-corrected chi connectivity index (χ0v) is 11.5. The normalized spacial score (nSPS) is 10.6. The Balaban J connectivity index is 1.55. The second kappa shape index (κ2) is 6.25. The topological polar surface area (TPSA) is 9.23 Å². The van der Waals surface area contributed by atoms with Gasteiger partial charge in [0.25, 0.3) is 0 Å². The smallest absolute Gasteiger partial charge is 0.119 e. The van der Waals surface area contributed by atoms with Gasteiger partial charge in [0.05, 0.1) is 6.61 Å². The van der Waals surface area contributed by atoms with E-state index in [9.17, 15) is 0 Å². The van der Waals surface area contributed by atoms with Gasteiger partial charge in [0.2, 0.25) is 0 Å². The molecule has 0 fully saturated rings. The molecule has 0 aliphatic rings. The molecular formula is C19H18O. The molecule has 0 saturated carbocycles. The van der Waals surface area contributed by atoms with E-state index in [0.29, 0.717) is 0 Å². The van der Waals surface area contributed by atoms with Gasteiger partial charge in [-0.1, -0.05) is 60.7 Å². The van der Waals surface area contributed by atoms with Crippen molar-refractivity contribution in [1.29, 1.82) is 0 Å². The van der Waals surface area contributed by atoms with Crippen molar-refractivity contribution >= 4 is 10.8 Å². The fourth-order valence-electron chi connectivity index (χ4n) is 2.38. The molecule has 100 valence electrons. The average molecular weight is 262 g/mol. The molecule has 0 aliphatic heterocycles. The predicted octanol–water partition coefficient (Wildman–Crippen LogP) is 4.85. The number of para-hydroxylation sites is 1. The van der Waals surface area contributed by atoms with Crippen molar-refractivity contribution in [3.63, 3.8) is 0 Å². The zero-order chi connectivity index (χ0) is 13.6. The Hall–Kier alpha value is -2.28. The third-order valence-electron chi connectivity index (χ3n) is 3.44. The molecule has 3 rings (SSSR count). The number of rotatable bonds is 5. The van der Waals surface area contributed by atoms with Gasteiger partial charge in [-0.3, -0.25) is 0 Å². The van der Waals surface area contributed by atoms with Crippen LogP contribution in [0.15, 0.2) is 72.8 Å². The summed E-state index contributed by atoms with van der Waals surface area (Å²) >= 11 is 0. The number of hydrogen-bond acceptors (Lipinski definition) is 1. The SMILES string of the molecule is c1ccc(OCCCc2ccc3ccccc3c2)cc1. The predicted molar refractivity (Wildman–Crippen MR) is 84.2 cm³/mol. The van der Waals surface area contributed by atoms with E-state index in [1.807, 2.05) is 30.3 Å². The molecule has 0 aromatic heterocycles. The minimum Gasteiger partial charge on any atom is -0.494 e. The van der Waals surface area contributed by atoms with Crippen molar-refractivity contribution in [2.24, 2.45) is 0 Å². The highest BCUT2D eigenvalue weighted by Crippen LogP contribution is 2.17. The number of ether oxygens (including phenoxy) is 1. The van der Waals surface area contributed by atoms with Crippen LogP contribution in [0.2, 0.25) is 0 Å². The largest absolute Gasteiger partial charge is 0.494 e. The molecule has 0 unspecified atom stereocenters. The van der Waals surface area contributed by atoms with Crippen LogP contribution in [0.3, 0.4) is 0 Å². The lowest BCUT2D eigenvalue weighted by atomic mass is 10.0. The lowest BCUT2D eigenvalue weighted by molar-refractivity contribution is 0.311. The van der Waals surface area contributed by atoms with Crippen LogP contribution in [-0.2, 0) is 6.42 Å². The van der Waals surface area contributed by atoms with Gasteiger partial charge in [0, 0.05) is 0 Å². The fourth-order valence-corrected chi connectivity index (χ4v) is 2.38. The molecule has 1 nitrogen and oxygen atoms in total. The van der Waals surface area contributed by atoms with Crippen LogP contribution in [0.1, 0.15) is 12.0 Å². The van der Waals surface area contributed by atoms with Crippen LogP contribution in [0.4, 0.5) is 0 Å². The van der Waals surface area contributed by atoms with Crippen molar-refractivity contribution in [3.8, 4) is 5.75 Å². The quantitative estimate of drug-likeness (QED) is 0.597. The molecule has 3 aromatic rings. The first-order chi connectivity index (χ1) is 9.92. The van der Waals surface area contributed by atoms with E-state index in [1.165, 1.54) is 16.3 Å². The lowest BCUT2D eigenvalue weighted by Crippen LogP contribution is -1.99. The monoisotopic (exact) mass is 262 g/mol. The first-order valence-electron chi connectivity index (χ1n) is 7.07. The van der Waals surface area contributed by atoms with Gasteiger partial charge in [-0.25, -0.2) is 0 Å². The summed E-state index contributed by atoms with van der Waals surface area (Å²) in [7, 11) is 0. The van der Waals surface area contributed by atoms with Crippen LogP contribution in [0.5, 0.6) is 5.75 Å². The average Bonchev–Trinajstić information content (AvgIpc) is 2.52. The molecule has 1 heteroatoms. The van der Waals surface area contributed by atoms with E-state index < -0.39 is 0 Å². The van der Waals surface area contributed by atoms with Gasteiger partial charge in [-0.15, -0.1) is 0 Å². The Kier molecular flexibility index (Phi) is 3.98. The molecule has 0 spiro atoms. The van der Waals surface area contributed by atoms with Crippen LogP contribution in [0.25, 0.3) is 10.8 Å². The molecule has 0 N–H and O–H groups in total. The second-order valence-corrected chi connectivity index (χ2v) is 4.95. The molecule has 0 heterocycles. The third-order valence-corrected chi connectivity index (χ3v) is 3.44. The Morgan fingerprint density at radius 2 is 1.45 bits per heavy atom. The number of benzene rings is 3. The van der Waals surface area contributed by atoms with Crippen LogP contribution < -0.4 is 4.74 Å². The van der Waals surface area contributed by atoms with E-state index >= 15 is 0 Å². The highest BCUT2D eigenvalue weighted by Gasteiger charge is 1.97. The maximum atomic E-state index is 5.72. The minimum absolute atomic E-state index is 0.761. The van der Waals surface area contributed by atoms with Gasteiger partial charge in [-0.2, -0.15) is 0 Å². The van der Waals surface area contributed by atoms with Gasteiger partial charge in [-0.05, 0) is 41.3 Å². The van der Waals surface area contributed by atoms with E-state index in [2.05, 4.69) is 42.5 Å². The van der Waals surface area contributed by atoms with E-state index in [-0.39, 0.29) is 0 Å². The molecule has 0 saturated heterocycles. The fraction of sp³-hybridized carbons (Fsp3) is 0.158. The summed E-state index contributed by atoms with van der Waals surface area (Å²) in [6, 6.07) is 25.2. The minimum atomic E-state index is 0.761. The van der Waals surface area contributed by atoms with Crippen LogP contribution >= 0.6 is 0 Å². The van der Waals surface area contributed by atoms with E-state index in [1.54, 1.807) is 0 Å². The molecule has 0 aliphatic carbocycles. The highest BCUT2D eigenvalue weighted by atomic mass is 16.5. The maximum absolute atomic E-state index is 5.72. The van der Waals surface area contributed by atoms with Gasteiger partial charge in [0.1, 0.15) is 5.75 Å². The first kappa shape index (κ1) is 12.7. The van der Waals surface area contributed by atoms with Crippen LogP contribution in [-0.4, -0.2) is 6.61 Å². The molecular weight excluding hydrogens is 244 g/mol. The maximum Gasteiger partial charge on any atom is 0.119 e. The van der Waals surface area contributed by atoms with Crippen molar-refractivity contribution in [3.05, 3.63) is 78.4 Å². The molecule has 0 bridgehead atoms. The summed E-state index contributed by atoms with van der Waals surface area (Å²) in [6.07, 6.45) is 2.09. The third kappa shape index (κ3) is 3.18. The summed E-state index contributed by atoms with van der Waals surface area (Å²) in [5.74, 6) is 0.950. The Morgan fingerprint density at radius 1 is 0.700 bits per heavy atom. The zero-order valence-electron chi connectivity index (χ0n) is 11.5. The number of aryl methyl sites for hydroxylation is 1. The van der Waals surface area contributed by atoms with Gasteiger partial charge < -0.3 is 4.74 Å². The van der Waals surface area contributed by atoms with E-state index in [4.69, 9.17) is 4.74 Å².